The summed E-state index contributed by atoms with van der Waals surface area (Å²) in [6.45, 7) is 7.86. The molecule has 214 valence electrons. The summed E-state index contributed by atoms with van der Waals surface area (Å²) < 4.78 is 26.8. The monoisotopic (exact) mass is 575 g/mol. The molecule has 2 amide bonds. The standard InChI is InChI=1S/C30H42ClN3O4S/c1-6-27(29(36)32-25-10-8-7-9-11-25)33(20-22-12-16-24(31)17-13-22)28(35)21-34(39(5,37)38)26-18-14-23(15-19-26)30(2,3)4/h12-19,25,27H,6-11,20-21H2,1-5H3,(H,32,36). The van der Waals surface area contributed by atoms with Crippen LogP contribution in [0.5, 0.6) is 0 Å². The maximum atomic E-state index is 13.9. The van der Waals surface area contributed by atoms with Crippen molar-refractivity contribution in [3.8, 4) is 0 Å². The van der Waals surface area contributed by atoms with Crippen LogP contribution in [0.25, 0.3) is 0 Å². The molecule has 1 unspecified atom stereocenters. The summed E-state index contributed by atoms with van der Waals surface area (Å²) in [6.07, 6.45) is 6.67. The number of rotatable bonds is 10. The number of nitrogens with zero attached hydrogens (tertiary/aromatic N) is 2. The van der Waals surface area contributed by atoms with Crippen molar-refractivity contribution in [3.05, 3.63) is 64.7 Å². The van der Waals surface area contributed by atoms with E-state index in [1.807, 2.05) is 31.2 Å². The summed E-state index contributed by atoms with van der Waals surface area (Å²) in [5.74, 6) is -0.645. The fourth-order valence-electron chi connectivity index (χ4n) is 4.99. The Kier molecular flexibility index (Phi) is 10.5. The molecule has 1 aliphatic carbocycles. The number of hydrogen-bond acceptors (Lipinski definition) is 4. The van der Waals surface area contributed by atoms with Gasteiger partial charge in [-0.1, -0.05) is 82.8 Å². The number of halogens is 1. The molecule has 1 N–H and O–H groups in total. The molecule has 0 radical (unpaired) electrons. The van der Waals surface area contributed by atoms with E-state index in [-0.39, 0.29) is 23.9 Å². The molecule has 0 bridgehead atoms. The summed E-state index contributed by atoms with van der Waals surface area (Å²) in [7, 11) is -3.78. The summed E-state index contributed by atoms with van der Waals surface area (Å²) in [5.41, 5.74) is 2.17. The van der Waals surface area contributed by atoms with Crippen LogP contribution in [0.1, 0.15) is 77.3 Å². The second-order valence-electron chi connectivity index (χ2n) is 11.5. The molecule has 2 aromatic carbocycles. The molecule has 0 spiro atoms. The van der Waals surface area contributed by atoms with Crippen molar-refractivity contribution in [2.75, 3.05) is 17.1 Å². The first-order chi connectivity index (χ1) is 18.3. The van der Waals surface area contributed by atoms with Gasteiger partial charge in [0.05, 0.1) is 11.9 Å². The Labute approximate surface area is 239 Å². The predicted molar refractivity (Wildman–Crippen MR) is 158 cm³/mol. The lowest BCUT2D eigenvalue weighted by Crippen LogP contribution is -2.53. The highest BCUT2D eigenvalue weighted by Crippen LogP contribution is 2.27. The maximum Gasteiger partial charge on any atom is 0.244 e. The zero-order valence-electron chi connectivity index (χ0n) is 23.7. The Morgan fingerprint density at radius 1 is 1.00 bits per heavy atom. The Bertz CT molecular complexity index is 1220. The van der Waals surface area contributed by atoms with Crippen LogP contribution in [-0.4, -0.2) is 50.0 Å². The molecule has 9 heteroatoms. The number of anilines is 1. The normalized spacial score (nSPS) is 15.4. The summed E-state index contributed by atoms with van der Waals surface area (Å²) in [6, 6.07) is 13.7. The zero-order valence-corrected chi connectivity index (χ0v) is 25.3. The van der Waals surface area contributed by atoms with Gasteiger partial charge in [-0.15, -0.1) is 0 Å². The van der Waals surface area contributed by atoms with Gasteiger partial charge in [0.2, 0.25) is 21.8 Å². The SMILES string of the molecule is CCC(C(=O)NC1CCCCC1)N(Cc1ccc(Cl)cc1)C(=O)CN(c1ccc(C(C)(C)C)cc1)S(C)(=O)=O. The van der Waals surface area contributed by atoms with Crippen molar-refractivity contribution in [3.63, 3.8) is 0 Å². The van der Waals surface area contributed by atoms with E-state index < -0.39 is 28.5 Å². The first-order valence-corrected chi connectivity index (χ1v) is 15.9. The number of sulfonamides is 1. The van der Waals surface area contributed by atoms with E-state index in [1.165, 1.54) is 11.3 Å². The number of amides is 2. The van der Waals surface area contributed by atoms with Crippen LogP contribution in [0.15, 0.2) is 48.5 Å². The lowest BCUT2D eigenvalue weighted by Gasteiger charge is -2.34. The minimum absolute atomic E-state index is 0.0975. The van der Waals surface area contributed by atoms with Crippen LogP contribution < -0.4 is 9.62 Å². The number of hydrogen-bond donors (Lipinski definition) is 1. The van der Waals surface area contributed by atoms with Crippen LogP contribution in [0.2, 0.25) is 5.02 Å². The minimum Gasteiger partial charge on any atom is -0.352 e. The summed E-state index contributed by atoms with van der Waals surface area (Å²) in [4.78, 5) is 28.8. The van der Waals surface area contributed by atoms with Gasteiger partial charge in [-0.05, 0) is 60.1 Å². The van der Waals surface area contributed by atoms with Gasteiger partial charge in [-0.2, -0.15) is 0 Å². The highest BCUT2D eigenvalue weighted by molar-refractivity contribution is 7.92. The van der Waals surface area contributed by atoms with E-state index in [0.717, 1.165) is 47.4 Å². The van der Waals surface area contributed by atoms with E-state index in [4.69, 9.17) is 11.6 Å². The van der Waals surface area contributed by atoms with Crippen LogP contribution in [0.4, 0.5) is 5.69 Å². The number of benzene rings is 2. The quantitative estimate of drug-likeness (QED) is 0.396. The molecule has 1 aliphatic rings. The van der Waals surface area contributed by atoms with Gasteiger partial charge in [-0.3, -0.25) is 13.9 Å². The first-order valence-electron chi connectivity index (χ1n) is 13.7. The number of carbonyl (C=O) groups is 2. The van der Waals surface area contributed by atoms with Crippen molar-refractivity contribution >= 4 is 39.1 Å². The highest BCUT2D eigenvalue weighted by Gasteiger charge is 2.33. The van der Waals surface area contributed by atoms with Gasteiger partial charge in [-0.25, -0.2) is 8.42 Å². The van der Waals surface area contributed by atoms with Gasteiger partial charge in [0.15, 0.2) is 0 Å². The van der Waals surface area contributed by atoms with Crippen molar-refractivity contribution < 1.29 is 18.0 Å². The molecule has 0 aromatic heterocycles. The Hall–Kier alpha value is -2.58. The van der Waals surface area contributed by atoms with Crippen molar-refractivity contribution in [2.45, 2.75) is 90.3 Å². The van der Waals surface area contributed by atoms with Gasteiger partial charge in [0.25, 0.3) is 0 Å². The second kappa shape index (κ2) is 13.2. The van der Waals surface area contributed by atoms with E-state index in [9.17, 15) is 18.0 Å². The average molecular weight is 576 g/mol. The lowest BCUT2D eigenvalue weighted by molar-refractivity contribution is -0.140. The molecule has 0 aliphatic heterocycles. The Balaban J connectivity index is 1.91. The molecule has 1 saturated carbocycles. The Morgan fingerprint density at radius 2 is 1.59 bits per heavy atom. The molecular formula is C30H42ClN3O4S. The fraction of sp³-hybridized carbons (Fsp3) is 0.533. The number of nitrogens with one attached hydrogen (secondary N) is 1. The molecule has 39 heavy (non-hydrogen) atoms. The van der Waals surface area contributed by atoms with E-state index in [2.05, 4.69) is 26.1 Å². The van der Waals surface area contributed by atoms with Crippen LogP contribution in [0, 0.1) is 0 Å². The third-order valence-electron chi connectivity index (χ3n) is 7.30. The molecule has 3 rings (SSSR count). The molecule has 1 fully saturated rings. The predicted octanol–water partition coefficient (Wildman–Crippen LogP) is 5.66. The minimum atomic E-state index is -3.78. The van der Waals surface area contributed by atoms with Crippen LogP contribution in [-0.2, 0) is 31.6 Å². The van der Waals surface area contributed by atoms with Gasteiger partial charge in [0, 0.05) is 17.6 Å². The van der Waals surface area contributed by atoms with E-state index in [0.29, 0.717) is 17.1 Å². The van der Waals surface area contributed by atoms with Crippen LogP contribution >= 0.6 is 11.6 Å². The molecule has 0 heterocycles. The molecule has 2 aromatic rings. The summed E-state index contributed by atoms with van der Waals surface area (Å²) >= 11 is 6.07. The molecule has 1 atom stereocenters. The molecule has 7 nitrogen and oxygen atoms in total. The zero-order chi connectivity index (χ0) is 28.8. The van der Waals surface area contributed by atoms with Crippen molar-refractivity contribution in [1.82, 2.24) is 10.2 Å². The highest BCUT2D eigenvalue weighted by atomic mass is 35.5. The third-order valence-corrected chi connectivity index (χ3v) is 8.70. The van der Waals surface area contributed by atoms with Gasteiger partial charge < -0.3 is 10.2 Å². The average Bonchev–Trinajstić information content (AvgIpc) is 2.87. The molecular weight excluding hydrogens is 534 g/mol. The van der Waals surface area contributed by atoms with Crippen molar-refractivity contribution in [2.24, 2.45) is 0 Å². The third kappa shape index (κ3) is 8.70. The largest absolute Gasteiger partial charge is 0.352 e. The van der Waals surface area contributed by atoms with Crippen molar-refractivity contribution in [1.29, 1.82) is 0 Å². The molecule has 0 saturated heterocycles. The fourth-order valence-corrected chi connectivity index (χ4v) is 5.97. The first kappa shape index (κ1) is 31.0. The summed E-state index contributed by atoms with van der Waals surface area (Å²) in [5, 5.41) is 3.72. The van der Waals surface area contributed by atoms with Crippen LogP contribution in [0.3, 0.4) is 0 Å². The Morgan fingerprint density at radius 3 is 2.10 bits per heavy atom. The van der Waals surface area contributed by atoms with E-state index >= 15 is 0 Å². The van der Waals surface area contributed by atoms with Gasteiger partial charge >= 0.3 is 0 Å². The lowest BCUT2D eigenvalue weighted by atomic mass is 9.87. The topological polar surface area (TPSA) is 86.8 Å². The second-order valence-corrected chi connectivity index (χ2v) is 13.8. The maximum absolute atomic E-state index is 13.9. The van der Waals surface area contributed by atoms with Gasteiger partial charge in [0.1, 0.15) is 12.6 Å². The van der Waals surface area contributed by atoms with E-state index in [1.54, 1.807) is 24.3 Å². The number of carbonyl (C=O) groups excluding carboxylic acids is 2. The smallest absolute Gasteiger partial charge is 0.244 e.